The lowest BCUT2D eigenvalue weighted by Crippen LogP contribution is -2.57. The maximum Gasteiger partial charge on any atom is 0.214 e. The van der Waals surface area contributed by atoms with Crippen molar-refractivity contribution in [1.82, 2.24) is 4.72 Å². The first kappa shape index (κ1) is 16.9. The molecule has 0 spiro atoms. The minimum absolute atomic E-state index is 0.151. The number of benzene rings is 1. The van der Waals surface area contributed by atoms with Crippen molar-refractivity contribution >= 4 is 26.0 Å². The fourth-order valence-corrected chi connectivity index (χ4v) is 3.49. The van der Waals surface area contributed by atoms with E-state index in [9.17, 15) is 13.5 Å². The van der Waals surface area contributed by atoms with E-state index in [0.29, 0.717) is 18.6 Å². The van der Waals surface area contributed by atoms with Crippen molar-refractivity contribution in [3.8, 4) is 0 Å². The molecule has 2 rings (SSSR count). The second-order valence-electron chi connectivity index (χ2n) is 5.52. The van der Waals surface area contributed by atoms with Gasteiger partial charge < -0.3 is 9.84 Å². The molecule has 1 aromatic rings. The van der Waals surface area contributed by atoms with Crippen molar-refractivity contribution in [3.05, 3.63) is 34.3 Å². The van der Waals surface area contributed by atoms with Gasteiger partial charge in [-0.1, -0.05) is 28.1 Å². The van der Waals surface area contributed by atoms with E-state index in [4.69, 9.17) is 4.74 Å². The molecule has 0 bridgehead atoms. The van der Waals surface area contributed by atoms with E-state index in [1.54, 1.807) is 26.0 Å². The van der Waals surface area contributed by atoms with Crippen LogP contribution in [0.5, 0.6) is 0 Å². The molecule has 2 unspecified atom stereocenters. The molecule has 5 nitrogen and oxygen atoms in total. The van der Waals surface area contributed by atoms with E-state index < -0.39 is 26.9 Å². The standard InChI is InChI=1S/C14H20BrNO4S/c1-10(2)21(18,19)16-13-9-20-8-7-14(13,17)11-3-5-12(15)6-4-11/h3-6,10,13,16-17H,7-9H2,1-2H3. The highest BCUT2D eigenvalue weighted by Gasteiger charge is 2.43. The van der Waals surface area contributed by atoms with E-state index in [2.05, 4.69) is 20.7 Å². The molecule has 1 aliphatic rings. The Balaban J connectivity index is 2.32. The van der Waals surface area contributed by atoms with Crippen molar-refractivity contribution in [2.45, 2.75) is 37.2 Å². The summed E-state index contributed by atoms with van der Waals surface area (Å²) in [5.74, 6) is 0. The normalized spacial score (nSPS) is 27.0. The van der Waals surface area contributed by atoms with Crippen molar-refractivity contribution in [2.24, 2.45) is 0 Å². The van der Waals surface area contributed by atoms with Gasteiger partial charge in [-0.05, 0) is 31.5 Å². The first-order valence-corrected chi connectivity index (χ1v) is 9.17. The Bertz CT molecular complexity index is 587. The molecule has 1 heterocycles. The van der Waals surface area contributed by atoms with Gasteiger partial charge in [0.25, 0.3) is 0 Å². The second kappa shape index (κ2) is 6.34. The molecule has 0 saturated carbocycles. The van der Waals surface area contributed by atoms with E-state index in [1.807, 2.05) is 12.1 Å². The van der Waals surface area contributed by atoms with Gasteiger partial charge in [0, 0.05) is 17.5 Å². The van der Waals surface area contributed by atoms with Crippen LogP contribution in [0, 0.1) is 0 Å². The molecular weight excluding hydrogens is 358 g/mol. The number of hydrogen-bond donors (Lipinski definition) is 2. The summed E-state index contributed by atoms with van der Waals surface area (Å²) >= 11 is 3.35. The SMILES string of the molecule is CC(C)S(=O)(=O)NC1COCCC1(O)c1ccc(Br)cc1. The molecule has 1 saturated heterocycles. The minimum Gasteiger partial charge on any atom is -0.383 e. The maximum atomic E-state index is 12.1. The molecule has 0 aromatic heterocycles. The monoisotopic (exact) mass is 377 g/mol. The van der Waals surface area contributed by atoms with Crippen LogP contribution in [0.1, 0.15) is 25.8 Å². The molecule has 7 heteroatoms. The van der Waals surface area contributed by atoms with Crippen molar-refractivity contribution in [2.75, 3.05) is 13.2 Å². The van der Waals surface area contributed by atoms with E-state index in [-0.39, 0.29) is 6.61 Å². The summed E-state index contributed by atoms with van der Waals surface area (Å²) in [6.07, 6.45) is 0.347. The summed E-state index contributed by atoms with van der Waals surface area (Å²) < 4.78 is 33.0. The highest BCUT2D eigenvalue weighted by atomic mass is 79.9. The molecule has 1 fully saturated rings. The highest BCUT2D eigenvalue weighted by Crippen LogP contribution is 2.33. The van der Waals surface area contributed by atoms with Crippen LogP contribution >= 0.6 is 15.9 Å². The third-order valence-corrected chi connectivity index (χ3v) is 6.14. The van der Waals surface area contributed by atoms with Crippen LogP contribution < -0.4 is 4.72 Å². The predicted molar refractivity (Wildman–Crippen MR) is 84.5 cm³/mol. The maximum absolute atomic E-state index is 12.1. The van der Waals surface area contributed by atoms with E-state index in [1.165, 1.54) is 0 Å². The Morgan fingerprint density at radius 1 is 1.38 bits per heavy atom. The largest absolute Gasteiger partial charge is 0.383 e. The number of halogens is 1. The summed E-state index contributed by atoms with van der Waals surface area (Å²) in [4.78, 5) is 0. The summed E-state index contributed by atoms with van der Waals surface area (Å²) in [5, 5.41) is 10.5. The number of nitrogens with one attached hydrogen (secondary N) is 1. The Morgan fingerprint density at radius 3 is 2.57 bits per heavy atom. The Kier molecular flexibility index (Phi) is 5.10. The molecule has 118 valence electrons. The zero-order chi connectivity index (χ0) is 15.7. The lowest BCUT2D eigenvalue weighted by atomic mass is 9.83. The summed E-state index contributed by atoms with van der Waals surface area (Å²) in [6, 6.07) is 6.56. The average molecular weight is 378 g/mol. The van der Waals surface area contributed by atoms with Gasteiger partial charge in [-0.3, -0.25) is 0 Å². The van der Waals surface area contributed by atoms with Crippen LogP contribution in [0.3, 0.4) is 0 Å². The zero-order valence-electron chi connectivity index (χ0n) is 12.0. The zero-order valence-corrected chi connectivity index (χ0v) is 14.4. The summed E-state index contributed by atoms with van der Waals surface area (Å²) in [5.41, 5.74) is -0.577. The van der Waals surface area contributed by atoms with Gasteiger partial charge >= 0.3 is 0 Å². The first-order valence-electron chi connectivity index (χ1n) is 6.83. The lowest BCUT2D eigenvalue weighted by Gasteiger charge is -2.40. The molecular formula is C14H20BrNO4S. The Morgan fingerprint density at radius 2 is 2.00 bits per heavy atom. The minimum atomic E-state index is -3.48. The number of ether oxygens (including phenoxy) is 1. The average Bonchev–Trinajstić information content (AvgIpc) is 2.42. The fourth-order valence-electron chi connectivity index (χ4n) is 2.29. The number of rotatable bonds is 4. The van der Waals surface area contributed by atoms with E-state index >= 15 is 0 Å². The summed E-state index contributed by atoms with van der Waals surface area (Å²) in [6.45, 7) is 3.75. The van der Waals surface area contributed by atoms with Crippen LogP contribution in [0.4, 0.5) is 0 Å². The third-order valence-electron chi connectivity index (χ3n) is 3.76. The molecule has 1 aromatic carbocycles. The van der Waals surface area contributed by atoms with Crippen LogP contribution in [0.25, 0.3) is 0 Å². The molecule has 21 heavy (non-hydrogen) atoms. The molecule has 0 radical (unpaired) electrons. The Labute approximate surface area is 133 Å². The third kappa shape index (κ3) is 3.65. The number of hydrogen-bond acceptors (Lipinski definition) is 4. The molecule has 2 N–H and O–H groups in total. The van der Waals surface area contributed by atoms with E-state index in [0.717, 1.165) is 4.47 Å². The van der Waals surface area contributed by atoms with Gasteiger partial charge in [-0.2, -0.15) is 0 Å². The van der Waals surface area contributed by atoms with Crippen LogP contribution in [-0.4, -0.2) is 38.0 Å². The quantitative estimate of drug-likeness (QED) is 0.837. The topological polar surface area (TPSA) is 75.6 Å². The van der Waals surface area contributed by atoms with Gasteiger partial charge in [-0.15, -0.1) is 0 Å². The smallest absolute Gasteiger partial charge is 0.214 e. The van der Waals surface area contributed by atoms with Crippen LogP contribution in [-0.2, 0) is 20.4 Å². The molecule has 2 atom stereocenters. The number of aliphatic hydroxyl groups is 1. The van der Waals surface area contributed by atoms with Crippen molar-refractivity contribution < 1.29 is 18.3 Å². The fraction of sp³-hybridized carbons (Fsp3) is 0.571. The number of sulfonamides is 1. The summed E-state index contributed by atoms with van der Waals surface area (Å²) in [7, 11) is -3.48. The van der Waals surface area contributed by atoms with Crippen LogP contribution in [0.2, 0.25) is 0 Å². The predicted octanol–water partition coefficient (Wildman–Crippen LogP) is 1.75. The molecule has 1 aliphatic heterocycles. The van der Waals surface area contributed by atoms with Crippen molar-refractivity contribution in [3.63, 3.8) is 0 Å². The highest BCUT2D eigenvalue weighted by molar-refractivity contribution is 9.10. The van der Waals surface area contributed by atoms with Gasteiger partial charge in [0.1, 0.15) is 5.60 Å². The first-order chi connectivity index (χ1) is 9.75. The van der Waals surface area contributed by atoms with Gasteiger partial charge in [0.2, 0.25) is 10.0 Å². The van der Waals surface area contributed by atoms with Gasteiger partial charge in [0.05, 0.1) is 17.9 Å². The second-order valence-corrected chi connectivity index (χ2v) is 8.70. The molecule has 0 aliphatic carbocycles. The van der Waals surface area contributed by atoms with Gasteiger partial charge in [-0.25, -0.2) is 13.1 Å². The molecule has 0 amide bonds. The lowest BCUT2D eigenvalue weighted by molar-refractivity contribution is -0.0898. The van der Waals surface area contributed by atoms with Crippen molar-refractivity contribution in [1.29, 1.82) is 0 Å². The Hall–Kier alpha value is -0.470. The van der Waals surface area contributed by atoms with Gasteiger partial charge in [0.15, 0.2) is 0 Å². The van der Waals surface area contributed by atoms with Crippen LogP contribution in [0.15, 0.2) is 28.7 Å².